The number of methoxy groups -OCH3 is 2. The predicted octanol–water partition coefficient (Wildman–Crippen LogP) is 7.26. The Morgan fingerprint density at radius 2 is 1.82 bits per heavy atom. The van der Waals surface area contributed by atoms with Crippen molar-refractivity contribution < 1.29 is 23.1 Å². The number of rotatable bonds is 6. The van der Waals surface area contributed by atoms with Crippen molar-refractivity contribution in [3.8, 4) is 22.6 Å². The third-order valence-electron chi connectivity index (χ3n) is 5.61. The highest BCUT2D eigenvalue weighted by Crippen LogP contribution is 2.40. The molecule has 0 atom stereocenters. The number of anilines is 1. The van der Waals surface area contributed by atoms with Crippen LogP contribution in [0.2, 0.25) is 5.02 Å². The van der Waals surface area contributed by atoms with E-state index in [1.807, 2.05) is 44.2 Å². The number of hydrogen-bond donors (Lipinski definition) is 1. The fourth-order valence-electron chi connectivity index (χ4n) is 3.89. The lowest BCUT2D eigenvalue weighted by molar-refractivity contribution is -0.111. The number of amides is 1. The molecule has 0 aliphatic heterocycles. The first-order chi connectivity index (χ1) is 16.3. The number of fused-ring (bicyclic) bond motifs is 1. The zero-order chi connectivity index (χ0) is 24.4. The Morgan fingerprint density at radius 1 is 1.09 bits per heavy atom. The summed E-state index contributed by atoms with van der Waals surface area (Å²) in [4.78, 5) is 12.6. The van der Waals surface area contributed by atoms with Gasteiger partial charge < -0.3 is 19.2 Å². The van der Waals surface area contributed by atoms with E-state index in [-0.39, 0.29) is 10.9 Å². The number of allylic oxidation sites excluding steroid dienone is 1. The van der Waals surface area contributed by atoms with Gasteiger partial charge in [0, 0.05) is 33.8 Å². The van der Waals surface area contributed by atoms with Crippen molar-refractivity contribution in [2.24, 2.45) is 0 Å². The number of furan rings is 1. The summed E-state index contributed by atoms with van der Waals surface area (Å²) in [5.74, 6) is 0.465. The third kappa shape index (κ3) is 4.50. The Hall–Kier alpha value is -3.77. The highest BCUT2D eigenvalue weighted by Gasteiger charge is 2.19. The molecule has 5 nitrogen and oxygen atoms in total. The van der Waals surface area contributed by atoms with Crippen LogP contribution in [0.3, 0.4) is 0 Å². The van der Waals surface area contributed by atoms with Crippen LogP contribution >= 0.6 is 11.6 Å². The van der Waals surface area contributed by atoms with Crippen LogP contribution in [0.25, 0.3) is 27.7 Å². The maximum atomic E-state index is 13.4. The van der Waals surface area contributed by atoms with Crippen molar-refractivity contribution in [1.82, 2.24) is 0 Å². The lowest BCUT2D eigenvalue weighted by Gasteiger charge is -2.13. The minimum absolute atomic E-state index is 0.0627. The molecule has 4 rings (SSSR count). The summed E-state index contributed by atoms with van der Waals surface area (Å²) in [5, 5.41) is 3.54. The summed E-state index contributed by atoms with van der Waals surface area (Å²) in [7, 11) is 3.21. The Bertz CT molecular complexity index is 1410. The van der Waals surface area contributed by atoms with Gasteiger partial charge in [0.1, 0.15) is 22.9 Å². The number of carbonyl (C=O) groups excluding carboxylic acids is 1. The molecular weight excluding hydrogens is 457 g/mol. The zero-order valence-electron chi connectivity index (χ0n) is 19.2. The van der Waals surface area contributed by atoms with E-state index in [1.165, 1.54) is 24.3 Å². The number of aryl methyl sites for hydroxylation is 1. The van der Waals surface area contributed by atoms with Crippen molar-refractivity contribution in [3.63, 3.8) is 0 Å². The molecular formula is C27H23ClFNO4. The normalized spacial score (nSPS) is 11.5. The number of carbonyl (C=O) groups is 1. The van der Waals surface area contributed by atoms with Gasteiger partial charge in [-0.15, -0.1) is 0 Å². The largest absolute Gasteiger partial charge is 0.497 e. The molecule has 0 unspecified atom stereocenters. The van der Waals surface area contributed by atoms with Crippen molar-refractivity contribution in [2.45, 2.75) is 13.8 Å². The lowest BCUT2D eigenvalue weighted by Crippen LogP contribution is -2.09. The Kier molecular flexibility index (Phi) is 6.61. The summed E-state index contributed by atoms with van der Waals surface area (Å²) in [6.45, 7) is 3.74. The van der Waals surface area contributed by atoms with Crippen LogP contribution in [0, 0.1) is 12.7 Å². The third-order valence-corrected chi connectivity index (χ3v) is 5.90. The van der Waals surface area contributed by atoms with Gasteiger partial charge in [-0.25, -0.2) is 4.39 Å². The van der Waals surface area contributed by atoms with Gasteiger partial charge in [-0.3, -0.25) is 4.79 Å². The van der Waals surface area contributed by atoms with Crippen molar-refractivity contribution >= 4 is 39.7 Å². The van der Waals surface area contributed by atoms with Gasteiger partial charge in [0.15, 0.2) is 0 Å². The molecule has 0 fully saturated rings. The maximum Gasteiger partial charge on any atom is 0.248 e. The molecule has 0 saturated carbocycles. The number of benzene rings is 3. The molecule has 3 aromatic carbocycles. The van der Waals surface area contributed by atoms with E-state index in [9.17, 15) is 9.18 Å². The van der Waals surface area contributed by atoms with Gasteiger partial charge in [0.05, 0.1) is 25.5 Å². The van der Waals surface area contributed by atoms with Crippen LogP contribution in [0.1, 0.15) is 18.1 Å². The van der Waals surface area contributed by atoms with Crippen molar-refractivity contribution in [3.05, 3.63) is 82.8 Å². The molecule has 174 valence electrons. The molecule has 0 spiro atoms. The molecule has 0 aliphatic rings. The standard InChI is InChI=1S/C27H23ClFNO4/c1-15(11-25(31)30-18-7-10-24(29)23(28)12-18)20-13-21-22(17-5-8-19(32-3)9-6-17)14-34-27(21)16(2)26(20)33-4/h5-14H,1-4H3,(H,30,31)/b15-11+. The Balaban J connectivity index is 1.74. The van der Waals surface area contributed by atoms with Crippen molar-refractivity contribution in [1.29, 1.82) is 0 Å². The Labute approximate surface area is 201 Å². The lowest BCUT2D eigenvalue weighted by atomic mass is 9.96. The molecule has 0 saturated heterocycles. The van der Waals surface area contributed by atoms with Crippen LogP contribution in [0.15, 0.2) is 65.3 Å². The number of ether oxygens (including phenoxy) is 2. The molecule has 0 aliphatic carbocycles. The van der Waals surface area contributed by atoms with Crippen LogP contribution < -0.4 is 14.8 Å². The summed E-state index contributed by atoms with van der Waals surface area (Å²) in [6.07, 6.45) is 3.18. The van der Waals surface area contributed by atoms with E-state index in [0.717, 1.165) is 33.4 Å². The second-order valence-corrected chi connectivity index (χ2v) is 8.19. The topological polar surface area (TPSA) is 60.7 Å². The molecule has 1 amide bonds. The molecule has 1 heterocycles. The highest BCUT2D eigenvalue weighted by atomic mass is 35.5. The maximum absolute atomic E-state index is 13.4. The molecule has 0 radical (unpaired) electrons. The Morgan fingerprint density at radius 3 is 2.47 bits per heavy atom. The molecule has 1 N–H and O–H groups in total. The first-order valence-corrected chi connectivity index (χ1v) is 10.9. The van der Waals surface area contributed by atoms with Gasteiger partial charge >= 0.3 is 0 Å². The van der Waals surface area contributed by atoms with Crippen LogP contribution in [-0.4, -0.2) is 20.1 Å². The summed E-state index contributed by atoms with van der Waals surface area (Å²) in [6, 6.07) is 13.7. The van der Waals surface area contributed by atoms with Crippen LogP contribution in [0.5, 0.6) is 11.5 Å². The second-order valence-electron chi connectivity index (χ2n) is 7.78. The SMILES string of the molecule is COc1ccc(-c2coc3c(C)c(OC)c(/C(C)=C/C(=O)Nc4ccc(F)c(Cl)c4)cc23)cc1. The first kappa shape index (κ1) is 23.4. The quantitative estimate of drug-likeness (QED) is 0.296. The zero-order valence-corrected chi connectivity index (χ0v) is 19.9. The van der Waals surface area contributed by atoms with E-state index < -0.39 is 5.82 Å². The van der Waals surface area contributed by atoms with E-state index in [2.05, 4.69) is 5.32 Å². The summed E-state index contributed by atoms with van der Waals surface area (Å²) in [5.41, 5.74) is 5.28. The van der Waals surface area contributed by atoms with Crippen LogP contribution in [0.4, 0.5) is 10.1 Å². The highest BCUT2D eigenvalue weighted by molar-refractivity contribution is 6.31. The minimum atomic E-state index is -0.548. The van der Waals surface area contributed by atoms with Gasteiger partial charge in [0.2, 0.25) is 5.91 Å². The monoisotopic (exact) mass is 479 g/mol. The summed E-state index contributed by atoms with van der Waals surface area (Å²) >= 11 is 5.81. The van der Waals surface area contributed by atoms with E-state index in [0.29, 0.717) is 22.6 Å². The number of hydrogen-bond acceptors (Lipinski definition) is 4. The van der Waals surface area contributed by atoms with Gasteiger partial charge in [0.25, 0.3) is 0 Å². The van der Waals surface area contributed by atoms with Gasteiger partial charge in [-0.2, -0.15) is 0 Å². The van der Waals surface area contributed by atoms with Gasteiger partial charge in [-0.1, -0.05) is 23.7 Å². The van der Waals surface area contributed by atoms with Crippen molar-refractivity contribution in [2.75, 3.05) is 19.5 Å². The fraction of sp³-hybridized carbons (Fsp3) is 0.148. The van der Waals surface area contributed by atoms with Crippen LogP contribution in [-0.2, 0) is 4.79 Å². The second kappa shape index (κ2) is 9.61. The van der Waals surface area contributed by atoms with E-state index >= 15 is 0 Å². The molecule has 4 aromatic rings. The molecule has 0 bridgehead atoms. The number of nitrogens with one attached hydrogen (secondary N) is 1. The minimum Gasteiger partial charge on any atom is -0.497 e. The summed E-state index contributed by atoms with van der Waals surface area (Å²) < 4.78 is 30.2. The molecule has 1 aromatic heterocycles. The number of halogens is 2. The predicted molar refractivity (Wildman–Crippen MR) is 133 cm³/mol. The first-order valence-electron chi connectivity index (χ1n) is 10.5. The van der Waals surface area contributed by atoms with E-state index in [1.54, 1.807) is 20.5 Å². The average molecular weight is 480 g/mol. The van der Waals surface area contributed by atoms with E-state index in [4.69, 9.17) is 25.5 Å². The molecule has 7 heteroatoms. The fourth-order valence-corrected chi connectivity index (χ4v) is 4.07. The van der Waals surface area contributed by atoms with Gasteiger partial charge in [-0.05, 0) is 61.4 Å². The smallest absolute Gasteiger partial charge is 0.248 e. The average Bonchev–Trinajstić information content (AvgIpc) is 3.25. The molecule has 34 heavy (non-hydrogen) atoms.